The van der Waals surface area contributed by atoms with Crippen molar-refractivity contribution in [3.05, 3.63) is 48.2 Å². The van der Waals surface area contributed by atoms with E-state index in [0.29, 0.717) is 11.5 Å². The molecule has 0 spiro atoms. The van der Waals surface area contributed by atoms with E-state index in [9.17, 15) is 0 Å². The maximum Gasteiger partial charge on any atom is 0.142 e. The van der Waals surface area contributed by atoms with Crippen LogP contribution in [0.25, 0.3) is 0 Å². The normalized spacial score (nSPS) is 14.5. The van der Waals surface area contributed by atoms with Crippen molar-refractivity contribution in [1.82, 2.24) is 4.98 Å². The van der Waals surface area contributed by atoms with E-state index >= 15 is 0 Å². The molecular weight excluding hydrogens is 264 g/mol. The quantitative estimate of drug-likeness (QED) is 0.936. The Bertz CT molecular complexity index is 642. The van der Waals surface area contributed by atoms with Crippen LogP contribution in [-0.2, 0) is 4.74 Å². The SMILES string of the molecule is N#Cc1cccc(Nc2ccc(N3CCOCC3)cc2)n1. The highest BCUT2D eigenvalue weighted by molar-refractivity contribution is 5.61. The topological polar surface area (TPSA) is 61.2 Å². The third-order valence-corrected chi connectivity index (χ3v) is 3.38. The number of pyridine rings is 1. The first-order valence-electron chi connectivity index (χ1n) is 6.92. The smallest absolute Gasteiger partial charge is 0.142 e. The number of benzene rings is 1. The van der Waals surface area contributed by atoms with Gasteiger partial charge in [-0.25, -0.2) is 4.98 Å². The van der Waals surface area contributed by atoms with Crippen molar-refractivity contribution in [2.75, 3.05) is 36.5 Å². The van der Waals surface area contributed by atoms with Gasteiger partial charge in [-0.2, -0.15) is 5.26 Å². The van der Waals surface area contributed by atoms with E-state index in [1.165, 1.54) is 5.69 Å². The molecule has 2 aromatic rings. The van der Waals surface area contributed by atoms with Gasteiger partial charge in [0, 0.05) is 24.5 Å². The minimum Gasteiger partial charge on any atom is -0.378 e. The molecule has 106 valence electrons. The molecule has 21 heavy (non-hydrogen) atoms. The molecule has 2 heterocycles. The first-order valence-corrected chi connectivity index (χ1v) is 6.92. The second-order valence-corrected chi connectivity index (χ2v) is 4.79. The van der Waals surface area contributed by atoms with Gasteiger partial charge in [0.1, 0.15) is 17.6 Å². The standard InChI is InChI=1S/C16H16N4O/c17-12-14-2-1-3-16(19-14)18-13-4-6-15(7-5-13)20-8-10-21-11-9-20/h1-7H,8-11H2,(H,18,19). The lowest BCUT2D eigenvalue weighted by molar-refractivity contribution is 0.122. The number of ether oxygens (including phenoxy) is 1. The third-order valence-electron chi connectivity index (χ3n) is 3.38. The molecule has 1 aromatic carbocycles. The zero-order valence-corrected chi connectivity index (χ0v) is 11.6. The molecule has 1 aromatic heterocycles. The van der Waals surface area contributed by atoms with Crippen molar-refractivity contribution in [2.45, 2.75) is 0 Å². The molecule has 0 radical (unpaired) electrons. The highest BCUT2D eigenvalue weighted by Gasteiger charge is 2.10. The number of nitrogens with zero attached hydrogens (tertiary/aromatic N) is 3. The summed E-state index contributed by atoms with van der Waals surface area (Å²) < 4.78 is 5.36. The second kappa shape index (κ2) is 6.25. The maximum absolute atomic E-state index is 8.85. The van der Waals surface area contributed by atoms with Crippen molar-refractivity contribution >= 4 is 17.2 Å². The minimum atomic E-state index is 0.407. The van der Waals surface area contributed by atoms with Crippen LogP contribution in [0.5, 0.6) is 0 Å². The van der Waals surface area contributed by atoms with E-state index in [1.54, 1.807) is 6.07 Å². The van der Waals surface area contributed by atoms with E-state index < -0.39 is 0 Å². The lowest BCUT2D eigenvalue weighted by atomic mass is 10.2. The maximum atomic E-state index is 8.85. The van der Waals surface area contributed by atoms with Gasteiger partial charge >= 0.3 is 0 Å². The van der Waals surface area contributed by atoms with Gasteiger partial charge in [-0.05, 0) is 36.4 Å². The molecule has 0 atom stereocenters. The number of aromatic nitrogens is 1. The molecule has 0 aliphatic carbocycles. The summed E-state index contributed by atoms with van der Waals surface area (Å²) in [4.78, 5) is 6.51. The van der Waals surface area contributed by atoms with Crippen molar-refractivity contribution in [3.8, 4) is 6.07 Å². The van der Waals surface area contributed by atoms with Crippen LogP contribution in [0.15, 0.2) is 42.5 Å². The van der Waals surface area contributed by atoms with E-state index in [-0.39, 0.29) is 0 Å². The van der Waals surface area contributed by atoms with Gasteiger partial charge in [-0.3, -0.25) is 0 Å². The molecule has 5 nitrogen and oxygen atoms in total. The van der Waals surface area contributed by atoms with E-state index in [4.69, 9.17) is 10.00 Å². The summed E-state index contributed by atoms with van der Waals surface area (Å²) in [7, 11) is 0. The van der Waals surface area contributed by atoms with E-state index in [2.05, 4.69) is 27.3 Å². The molecule has 5 heteroatoms. The molecule has 3 rings (SSSR count). The number of hydrogen-bond donors (Lipinski definition) is 1. The summed E-state index contributed by atoms with van der Waals surface area (Å²) in [5, 5.41) is 12.1. The Labute approximate surface area is 123 Å². The summed E-state index contributed by atoms with van der Waals surface area (Å²) in [5.74, 6) is 0.674. The molecule has 0 amide bonds. The van der Waals surface area contributed by atoms with Crippen LogP contribution in [0.3, 0.4) is 0 Å². The molecule has 1 aliphatic heterocycles. The largest absolute Gasteiger partial charge is 0.378 e. The van der Waals surface area contributed by atoms with Crippen LogP contribution in [0.1, 0.15) is 5.69 Å². The summed E-state index contributed by atoms with van der Waals surface area (Å²) in [5.41, 5.74) is 2.56. The van der Waals surface area contributed by atoms with Crippen molar-refractivity contribution in [3.63, 3.8) is 0 Å². The van der Waals surface area contributed by atoms with Crippen LogP contribution in [0.2, 0.25) is 0 Å². The zero-order valence-electron chi connectivity index (χ0n) is 11.6. The first-order chi connectivity index (χ1) is 10.3. The molecule has 0 bridgehead atoms. The highest BCUT2D eigenvalue weighted by Crippen LogP contribution is 2.21. The predicted molar refractivity (Wildman–Crippen MR) is 81.7 cm³/mol. The minimum absolute atomic E-state index is 0.407. The Morgan fingerprint density at radius 2 is 1.86 bits per heavy atom. The first kappa shape index (κ1) is 13.4. The Kier molecular flexibility index (Phi) is 3.99. The molecule has 0 saturated carbocycles. The number of nitrogens with one attached hydrogen (secondary N) is 1. The predicted octanol–water partition coefficient (Wildman–Crippen LogP) is 2.53. The van der Waals surface area contributed by atoms with Crippen LogP contribution < -0.4 is 10.2 Å². The fourth-order valence-corrected chi connectivity index (χ4v) is 2.29. The van der Waals surface area contributed by atoms with Gasteiger partial charge in [0.15, 0.2) is 0 Å². The summed E-state index contributed by atoms with van der Waals surface area (Å²) in [6, 6.07) is 15.6. The summed E-state index contributed by atoms with van der Waals surface area (Å²) in [6.45, 7) is 3.42. The van der Waals surface area contributed by atoms with Gasteiger partial charge in [-0.1, -0.05) is 6.07 Å². The van der Waals surface area contributed by atoms with Crippen LogP contribution in [0, 0.1) is 11.3 Å². The molecule has 1 N–H and O–H groups in total. The van der Waals surface area contributed by atoms with Crippen LogP contribution in [-0.4, -0.2) is 31.3 Å². The Morgan fingerprint density at radius 3 is 2.57 bits per heavy atom. The Balaban J connectivity index is 1.70. The van der Waals surface area contributed by atoms with Crippen molar-refractivity contribution in [1.29, 1.82) is 5.26 Å². The van der Waals surface area contributed by atoms with Gasteiger partial charge in [0.05, 0.1) is 13.2 Å². The molecule has 1 saturated heterocycles. The number of morpholine rings is 1. The number of rotatable bonds is 3. The third kappa shape index (κ3) is 3.30. The lowest BCUT2D eigenvalue weighted by Gasteiger charge is -2.28. The zero-order chi connectivity index (χ0) is 14.5. The van der Waals surface area contributed by atoms with E-state index in [1.807, 2.05) is 30.3 Å². The second-order valence-electron chi connectivity index (χ2n) is 4.79. The van der Waals surface area contributed by atoms with Crippen molar-refractivity contribution < 1.29 is 4.74 Å². The highest BCUT2D eigenvalue weighted by atomic mass is 16.5. The Morgan fingerprint density at radius 1 is 1.10 bits per heavy atom. The average Bonchev–Trinajstić information content (AvgIpc) is 2.56. The van der Waals surface area contributed by atoms with E-state index in [0.717, 1.165) is 32.0 Å². The van der Waals surface area contributed by atoms with Gasteiger partial charge in [-0.15, -0.1) is 0 Å². The fourth-order valence-electron chi connectivity index (χ4n) is 2.29. The van der Waals surface area contributed by atoms with Gasteiger partial charge < -0.3 is 15.0 Å². The fraction of sp³-hybridized carbons (Fsp3) is 0.250. The van der Waals surface area contributed by atoms with Gasteiger partial charge in [0.2, 0.25) is 0 Å². The summed E-state index contributed by atoms with van der Waals surface area (Å²) in [6.07, 6.45) is 0. The molecular formula is C16H16N4O. The molecule has 1 aliphatic rings. The number of hydrogen-bond acceptors (Lipinski definition) is 5. The molecule has 0 unspecified atom stereocenters. The Hall–Kier alpha value is -2.58. The molecule has 1 fully saturated rings. The number of anilines is 3. The van der Waals surface area contributed by atoms with Crippen LogP contribution >= 0.6 is 0 Å². The summed E-state index contributed by atoms with van der Waals surface area (Å²) >= 11 is 0. The lowest BCUT2D eigenvalue weighted by Crippen LogP contribution is -2.36. The van der Waals surface area contributed by atoms with Crippen molar-refractivity contribution in [2.24, 2.45) is 0 Å². The van der Waals surface area contributed by atoms with Gasteiger partial charge in [0.25, 0.3) is 0 Å². The average molecular weight is 280 g/mol. The monoisotopic (exact) mass is 280 g/mol. The number of nitriles is 1. The van der Waals surface area contributed by atoms with Crippen LogP contribution in [0.4, 0.5) is 17.2 Å².